The molecule has 0 fully saturated rings. The van der Waals surface area contributed by atoms with Crippen molar-refractivity contribution in [2.24, 2.45) is 0 Å². The van der Waals surface area contributed by atoms with Gasteiger partial charge in [0, 0.05) is 11.6 Å². The fraction of sp³-hybridized carbons (Fsp3) is 0.235. The lowest BCUT2D eigenvalue weighted by Gasteiger charge is -2.14. The summed E-state index contributed by atoms with van der Waals surface area (Å²) in [5.41, 5.74) is 2.62. The Bertz CT molecular complexity index is 732. The molecule has 4 nitrogen and oxygen atoms in total. The molecule has 0 saturated heterocycles. The molecule has 2 aromatic carbocycles. The second-order valence-electron chi connectivity index (χ2n) is 5.09. The van der Waals surface area contributed by atoms with Crippen molar-refractivity contribution in [3.8, 4) is 5.75 Å². The molecule has 2 N–H and O–H groups in total. The summed E-state index contributed by atoms with van der Waals surface area (Å²) >= 11 is 11.9. The zero-order chi connectivity index (χ0) is 17.0. The normalized spacial score (nSPS) is 10.4. The van der Waals surface area contributed by atoms with Gasteiger partial charge in [-0.25, -0.2) is 4.79 Å². The first-order valence-corrected chi connectivity index (χ1v) is 7.81. The van der Waals surface area contributed by atoms with Crippen molar-refractivity contribution in [3.63, 3.8) is 0 Å². The van der Waals surface area contributed by atoms with E-state index >= 15 is 0 Å². The zero-order valence-corrected chi connectivity index (χ0v) is 14.3. The number of nitrogens with one attached hydrogen (secondary N) is 1. The summed E-state index contributed by atoms with van der Waals surface area (Å²) in [7, 11) is 0. The van der Waals surface area contributed by atoms with Crippen LogP contribution in [0.25, 0.3) is 0 Å². The third-order valence-electron chi connectivity index (χ3n) is 3.50. The summed E-state index contributed by atoms with van der Waals surface area (Å²) in [4.78, 5) is 11.3. The number of rotatable bonds is 6. The Labute approximate surface area is 145 Å². The van der Waals surface area contributed by atoms with Crippen molar-refractivity contribution in [2.75, 3.05) is 18.5 Å². The third kappa shape index (κ3) is 4.30. The Balaban J connectivity index is 2.02. The maximum Gasteiger partial charge on any atom is 0.337 e. The van der Waals surface area contributed by atoms with E-state index in [-0.39, 0.29) is 15.6 Å². The molecular weight excluding hydrogens is 337 g/mol. The van der Waals surface area contributed by atoms with E-state index in [0.717, 1.165) is 16.9 Å². The van der Waals surface area contributed by atoms with Gasteiger partial charge in [0.15, 0.2) is 0 Å². The van der Waals surface area contributed by atoms with Gasteiger partial charge in [0.2, 0.25) is 0 Å². The van der Waals surface area contributed by atoms with Crippen LogP contribution in [0.4, 0.5) is 5.69 Å². The van der Waals surface area contributed by atoms with Gasteiger partial charge in [-0.1, -0.05) is 35.3 Å². The molecule has 0 saturated carbocycles. The molecule has 0 aliphatic heterocycles. The molecule has 0 aliphatic carbocycles. The van der Waals surface area contributed by atoms with Crippen molar-refractivity contribution in [1.29, 1.82) is 0 Å². The van der Waals surface area contributed by atoms with Crippen molar-refractivity contribution in [2.45, 2.75) is 13.8 Å². The SMILES string of the molecule is Cc1cccc(OCCNc2c(Cl)cc(Cl)cc2C(=O)O)c1C. The lowest BCUT2D eigenvalue weighted by atomic mass is 10.1. The van der Waals surface area contributed by atoms with Crippen molar-refractivity contribution < 1.29 is 14.6 Å². The molecular formula is C17H17Cl2NO3. The number of hydrogen-bond acceptors (Lipinski definition) is 3. The average molecular weight is 354 g/mol. The van der Waals surface area contributed by atoms with Crippen LogP contribution in [0, 0.1) is 13.8 Å². The molecule has 0 atom stereocenters. The Morgan fingerprint density at radius 2 is 2.00 bits per heavy atom. The van der Waals surface area contributed by atoms with Crippen LogP contribution in [0.15, 0.2) is 30.3 Å². The molecule has 23 heavy (non-hydrogen) atoms. The van der Waals surface area contributed by atoms with Gasteiger partial charge in [0.25, 0.3) is 0 Å². The molecule has 0 aliphatic rings. The zero-order valence-electron chi connectivity index (χ0n) is 12.8. The van der Waals surface area contributed by atoms with Gasteiger partial charge in [-0.3, -0.25) is 0 Å². The van der Waals surface area contributed by atoms with E-state index in [9.17, 15) is 9.90 Å². The van der Waals surface area contributed by atoms with Gasteiger partial charge in [-0.15, -0.1) is 0 Å². The summed E-state index contributed by atoms with van der Waals surface area (Å²) < 4.78 is 5.72. The molecule has 0 heterocycles. The lowest BCUT2D eigenvalue weighted by molar-refractivity contribution is 0.0698. The number of hydrogen-bond donors (Lipinski definition) is 2. The molecule has 0 amide bonds. The quantitative estimate of drug-likeness (QED) is 0.732. The van der Waals surface area contributed by atoms with Crippen molar-refractivity contribution in [3.05, 3.63) is 57.1 Å². The molecule has 0 aromatic heterocycles. The minimum Gasteiger partial charge on any atom is -0.491 e. The predicted molar refractivity (Wildman–Crippen MR) is 93.3 cm³/mol. The number of benzene rings is 2. The van der Waals surface area contributed by atoms with E-state index in [2.05, 4.69) is 5.32 Å². The Morgan fingerprint density at radius 3 is 2.70 bits per heavy atom. The minimum absolute atomic E-state index is 0.0363. The van der Waals surface area contributed by atoms with E-state index in [1.54, 1.807) is 0 Å². The number of ether oxygens (including phenoxy) is 1. The number of anilines is 1. The van der Waals surface area contributed by atoms with E-state index in [1.807, 2.05) is 32.0 Å². The van der Waals surface area contributed by atoms with Crippen LogP contribution in [0.5, 0.6) is 5.75 Å². The average Bonchev–Trinajstić information content (AvgIpc) is 2.48. The number of carboxylic acid groups (broad SMARTS) is 1. The van der Waals surface area contributed by atoms with Gasteiger partial charge >= 0.3 is 5.97 Å². The number of halogens is 2. The smallest absolute Gasteiger partial charge is 0.337 e. The van der Waals surface area contributed by atoms with Crippen LogP contribution in [-0.4, -0.2) is 24.2 Å². The van der Waals surface area contributed by atoms with Gasteiger partial charge in [-0.2, -0.15) is 0 Å². The maximum absolute atomic E-state index is 11.3. The third-order valence-corrected chi connectivity index (χ3v) is 4.02. The fourth-order valence-electron chi connectivity index (χ4n) is 2.14. The van der Waals surface area contributed by atoms with Crippen LogP contribution < -0.4 is 10.1 Å². The maximum atomic E-state index is 11.3. The fourth-order valence-corrected chi connectivity index (χ4v) is 2.70. The molecule has 0 spiro atoms. The molecule has 122 valence electrons. The summed E-state index contributed by atoms with van der Waals surface area (Å²) in [5, 5.41) is 12.8. The van der Waals surface area contributed by atoms with E-state index in [0.29, 0.717) is 18.8 Å². The number of aryl methyl sites for hydroxylation is 1. The molecule has 6 heteroatoms. The second kappa shape index (κ2) is 7.57. The number of carboxylic acids is 1. The minimum atomic E-state index is -1.09. The van der Waals surface area contributed by atoms with Gasteiger partial charge in [-0.05, 0) is 43.2 Å². The van der Waals surface area contributed by atoms with Crippen LogP contribution >= 0.6 is 23.2 Å². The molecule has 0 unspecified atom stereocenters. The first kappa shape index (κ1) is 17.4. The predicted octanol–water partition coefficient (Wildman–Crippen LogP) is 4.80. The van der Waals surface area contributed by atoms with Gasteiger partial charge in [0.05, 0.1) is 16.3 Å². The van der Waals surface area contributed by atoms with Gasteiger partial charge in [0.1, 0.15) is 12.4 Å². The molecule has 2 rings (SSSR count). The highest BCUT2D eigenvalue weighted by molar-refractivity contribution is 6.37. The summed E-state index contributed by atoms with van der Waals surface area (Å²) in [6.45, 7) is 4.81. The van der Waals surface area contributed by atoms with Crippen LogP contribution in [0.2, 0.25) is 10.0 Å². The summed E-state index contributed by atoms with van der Waals surface area (Å²) in [6, 6.07) is 8.73. The lowest BCUT2D eigenvalue weighted by Crippen LogP contribution is -2.14. The molecule has 0 radical (unpaired) electrons. The highest BCUT2D eigenvalue weighted by Crippen LogP contribution is 2.30. The highest BCUT2D eigenvalue weighted by atomic mass is 35.5. The van der Waals surface area contributed by atoms with E-state index in [1.165, 1.54) is 12.1 Å². The van der Waals surface area contributed by atoms with E-state index < -0.39 is 5.97 Å². The second-order valence-corrected chi connectivity index (χ2v) is 5.93. The van der Waals surface area contributed by atoms with Crippen LogP contribution in [0.1, 0.15) is 21.5 Å². The summed E-state index contributed by atoms with van der Waals surface area (Å²) in [6.07, 6.45) is 0. The molecule has 0 bridgehead atoms. The first-order chi connectivity index (χ1) is 10.9. The first-order valence-electron chi connectivity index (χ1n) is 7.05. The van der Waals surface area contributed by atoms with Gasteiger partial charge < -0.3 is 15.2 Å². The topological polar surface area (TPSA) is 58.6 Å². The van der Waals surface area contributed by atoms with E-state index in [4.69, 9.17) is 27.9 Å². The standard InChI is InChI=1S/C17H17Cl2NO3/c1-10-4-3-5-15(11(10)2)23-7-6-20-16-13(17(21)22)8-12(18)9-14(16)19/h3-5,8-9,20H,6-7H2,1-2H3,(H,21,22). The number of aromatic carboxylic acids is 1. The van der Waals surface area contributed by atoms with Crippen LogP contribution in [0.3, 0.4) is 0 Å². The summed E-state index contributed by atoms with van der Waals surface area (Å²) in [5.74, 6) is -0.278. The van der Waals surface area contributed by atoms with Crippen molar-refractivity contribution in [1.82, 2.24) is 0 Å². The number of carbonyl (C=O) groups is 1. The monoisotopic (exact) mass is 353 g/mol. The Hall–Kier alpha value is -1.91. The largest absolute Gasteiger partial charge is 0.491 e. The Morgan fingerprint density at radius 1 is 1.26 bits per heavy atom. The van der Waals surface area contributed by atoms with Crippen LogP contribution in [-0.2, 0) is 0 Å². The molecule has 2 aromatic rings. The van der Waals surface area contributed by atoms with Crippen molar-refractivity contribution >= 4 is 34.9 Å². The highest BCUT2D eigenvalue weighted by Gasteiger charge is 2.14. The Kier molecular flexibility index (Phi) is 5.74.